The van der Waals surface area contributed by atoms with E-state index in [0.29, 0.717) is 43.2 Å². The maximum absolute atomic E-state index is 12.8. The first-order valence-electron chi connectivity index (χ1n) is 11.6. The maximum atomic E-state index is 12.8. The smallest absolute Gasteiger partial charge is 0.330 e. The lowest BCUT2D eigenvalue weighted by atomic mass is 10.0. The normalized spacial score (nSPS) is 13.6. The zero-order valence-corrected chi connectivity index (χ0v) is 20.0. The molecule has 1 aliphatic rings. The van der Waals surface area contributed by atoms with E-state index in [1.54, 1.807) is 54.8 Å². The third kappa shape index (κ3) is 4.46. The van der Waals surface area contributed by atoms with Crippen LogP contribution in [-0.4, -0.2) is 56.2 Å². The van der Waals surface area contributed by atoms with Crippen LogP contribution in [0.15, 0.2) is 70.6 Å². The highest BCUT2D eigenvalue weighted by molar-refractivity contribution is 5.94. The molecule has 10 nitrogen and oxygen atoms in total. The summed E-state index contributed by atoms with van der Waals surface area (Å²) in [4.78, 5) is 46.7. The molecule has 0 bridgehead atoms. The Kier molecular flexibility index (Phi) is 6.26. The molecule has 0 aliphatic carbocycles. The lowest BCUT2D eigenvalue weighted by molar-refractivity contribution is 0.0303. The molecular formula is C26H26N6O4. The number of imidazole rings is 1. The third-order valence-electron chi connectivity index (χ3n) is 6.25. The van der Waals surface area contributed by atoms with E-state index in [4.69, 9.17) is 4.74 Å². The minimum Gasteiger partial charge on any atom is -0.378 e. The Balaban J connectivity index is 1.44. The molecular weight excluding hydrogens is 460 g/mol. The average molecular weight is 487 g/mol. The fraction of sp³-hybridized carbons (Fsp3) is 0.231. The molecule has 1 saturated heterocycles. The van der Waals surface area contributed by atoms with Crippen molar-refractivity contribution in [1.82, 2.24) is 24.0 Å². The number of nitrogens with one attached hydrogen (secondary N) is 2. The predicted octanol–water partition coefficient (Wildman–Crippen LogP) is 2.45. The largest absolute Gasteiger partial charge is 0.378 e. The van der Waals surface area contributed by atoms with Crippen molar-refractivity contribution in [1.29, 1.82) is 0 Å². The second-order valence-electron chi connectivity index (χ2n) is 8.58. The molecule has 1 fully saturated rings. The number of hydrogen-bond donors (Lipinski definition) is 2. The van der Waals surface area contributed by atoms with E-state index in [1.165, 1.54) is 9.13 Å². The zero-order chi connectivity index (χ0) is 25.2. The lowest BCUT2D eigenvalue weighted by Gasteiger charge is -2.26. The van der Waals surface area contributed by atoms with Crippen LogP contribution in [0.2, 0.25) is 0 Å². The third-order valence-corrected chi connectivity index (χ3v) is 6.25. The highest BCUT2D eigenvalue weighted by atomic mass is 16.5. The van der Waals surface area contributed by atoms with Gasteiger partial charge in [0.25, 0.3) is 11.5 Å². The molecule has 184 valence electrons. The maximum Gasteiger partial charge on any atom is 0.330 e. The Morgan fingerprint density at radius 3 is 2.53 bits per heavy atom. The highest BCUT2D eigenvalue weighted by Gasteiger charge is 2.19. The quantitative estimate of drug-likeness (QED) is 0.448. The number of hydrogen-bond acceptors (Lipinski definition) is 6. The number of nitrogens with zero attached hydrogens (tertiary/aromatic N) is 4. The highest BCUT2D eigenvalue weighted by Crippen LogP contribution is 2.26. The van der Waals surface area contributed by atoms with Crippen LogP contribution in [0.25, 0.3) is 16.9 Å². The summed E-state index contributed by atoms with van der Waals surface area (Å²) in [5, 5.41) is 3.09. The lowest BCUT2D eigenvalue weighted by Crippen LogP contribution is -2.40. The number of aromatic amines is 1. The van der Waals surface area contributed by atoms with E-state index in [9.17, 15) is 14.4 Å². The monoisotopic (exact) mass is 486 g/mol. The van der Waals surface area contributed by atoms with Gasteiger partial charge in [-0.25, -0.2) is 9.78 Å². The fourth-order valence-corrected chi connectivity index (χ4v) is 4.27. The van der Waals surface area contributed by atoms with Crippen molar-refractivity contribution in [2.24, 2.45) is 7.05 Å². The van der Waals surface area contributed by atoms with Crippen LogP contribution >= 0.6 is 0 Å². The molecule has 10 heteroatoms. The van der Waals surface area contributed by atoms with Crippen molar-refractivity contribution in [2.45, 2.75) is 6.92 Å². The summed E-state index contributed by atoms with van der Waals surface area (Å²) in [6, 6.07) is 12.6. The van der Waals surface area contributed by atoms with Crippen molar-refractivity contribution in [3.05, 3.63) is 93.0 Å². The van der Waals surface area contributed by atoms with Crippen molar-refractivity contribution >= 4 is 17.4 Å². The van der Waals surface area contributed by atoms with Crippen LogP contribution in [0.1, 0.15) is 15.9 Å². The molecule has 1 amide bonds. The summed E-state index contributed by atoms with van der Waals surface area (Å²) in [7, 11) is 1.67. The molecule has 0 atom stereocenters. The van der Waals surface area contributed by atoms with Gasteiger partial charge in [0.15, 0.2) is 5.82 Å². The topological polar surface area (TPSA) is 114 Å². The van der Waals surface area contributed by atoms with Crippen molar-refractivity contribution < 1.29 is 9.53 Å². The molecule has 0 radical (unpaired) electrons. The van der Waals surface area contributed by atoms with Crippen LogP contribution in [0.3, 0.4) is 0 Å². The van der Waals surface area contributed by atoms with Gasteiger partial charge in [-0.05, 0) is 42.8 Å². The van der Waals surface area contributed by atoms with Gasteiger partial charge in [-0.15, -0.1) is 0 Å². The number of benzene rings is 2. The molecule has 0 spiro atoms. The second kappa shape index (κ2) is 9.67. The van der Waals surface area contributed by atoms with E-state index in [1.807, 2.05) is 25.1 Å². The summed E-state index contributed by atoms with van der Waals surface area (Å²) in [5.41, 5.74) is 3.65. The predicted molar refractivity (Wildman–Crippen MR) is 136 cm³/mol. The van der Waals surface area contributed by atoms with Gasteiger partial charge in [0.1, 0.15) is 0 Å². The average Bonchev–Trinajstić information content (AvgIpc) is 3.33. The molecule has 2 aromatic carbocycles. The van der Waals surface area contributed by atoms with Gasteiger partial charge in [-0.3, -0.25) is 14.2 Å². The standard InChI is InChI=1S/C26H26N6O4/c1-17-20(4-3-5-22(17)32-11-10-27-26(32)35)21-16-30(2)25(34)23(29-21)28-19-8-6-18(7-9-19)24(33)31-12-14-36-15-13-31/h3-11,16H,12-15H2,1-2H3,(H,27,35)(H,28,29). The summed E-state index contributed by atoms with van der Waals surface area (Å²) in [6.07, 6.45) is 4.92. The summed E-state index contributed by atoms with van der Waals surface area (Å²) in [5.74, 6) is 0.114. The minimum atomic E-state index is -0.289. The molecule has 3 heterocycles. The second-order valence-corrected chi connectivity index (χ2v) is 8.58. The number of morpholine rings is 1. The number of anilines is 2. The van der Waals surface area contributed by atoms with Crippen LogP contribution in [0.4, 0.5) is 11.5 Å². The number of aryl methyl sites for hydroxylation is 1. The van der Waals surface area contributed by atoms with Gasteiger partial charge in [0, 0.05) is 55.5 Å². The summed E-state index contributed by atoms with van der Waals surface area (Å²) < 4.78 is 8.31. The molecule has 5 rings (SSSR count). The number of carbonyl (C=O) groups excluding carboxylic acids is 1. The molecule has 2 aromatic heterocycles. The summed E-state index contributed by atoms with van der Waals surface area (Å²) in [6.45, 7) is 4.14. The molecule has 4 aromatic rings. The Labute approximate surface area is 206 Å². The van der Waals surface area contributed by atoms with Gasteiger partial charge < -0.3 is 24.5 Å². The molecule has 2 N–H and O–H groups in total. The van der Waals surface area contributed by atoms with Gasteiger partial charge in [0.2, 0.25) is 0 Å². The van der Waals surface area contributed by atoms with Crippen molar-refractivity contribution in [3.63, 3.8) is 0 Å². The van der Waals surface area contributed by atoms with E-state index < -0.39 is 0 Å². The van der Waals surface area contributed by atoms with Crippen LogP contribution in [0.5, 0.6) is 0 Å². The Bertz CT molecular complexity index is 1530. The van der Waals surface area contributed by atoms with Gasteiger partial charge in [0.05, 0.1) is 24.6 Å². The van der Waals surface area contributed by atoms with Gasteiger partial charge in [-0.2, -0.15) is 0 Å². The fourth-order valence-electron chi connectivity index (χ4n) is 4.27. The van der Waals surface area contributed by atoms with Crippen LogP contribution in [0, 0.1) is 6.92 Å². The van der Waals surface area contributed by atoms with Gasteiger partial charge >= 0.3 is 5.69 Å². The van der Waals surface area contributed by atoms with E-state index in [2.05, 4.69) is 15.3 Å². The number of aromatic nitrogens is 4. The van der Waals surface area contributed by atoms with Crippen molar-refractivity contribution in [2.75, 3.05) is 31.6 Å². The first-order valence-corrected chi connectivity index (χ1v) is 11.6. The molecule has 0 unspecified atom stereocenters. The Morgan fingerprint density at radius 2 is 1.83 bits per heavy atom. The number of ether oxygens (including phenoxy) is 1. The Morgan fingerprint density at radius 1 is 1.08 bits per heavy atom. The van der Waals surface area contributed by atoms with Gasteiger partial charge in [-0.1, -0.05) is 12.1 Å². The number of amides is 1. The SMILES string of the molecule is Cc1c(-c2cn(C)c(=O)c(Nc3ccc(C(=O)N4CCOCC4)cc3)n2)cccc1-n1cc[nH]c1=O. The number of H-pyrrole nitrogens is 1. The first-order chi connectivity index (χ1) is 17.4. The van der Waals surface area contributed by atoms with Crippen LogP contribution in [-0.2, 0) is 11.8 Å². The Hall–Kier alpha value is -4.44. The zero-order valence-electron chi connectivity index (χ0n) is 20.0. The van der Waals surface area contributed by atoms with E-state index in [-0.39, 0.29) is 23.0 Å². The molecule has 36 heavy (non-hydrogen) atoms. The molecule has 0 saturated carbocycles. The first kappa shape index (κ1) is 23.3. The van der Waals surface area contributed by atoms with E-state index >= 15 is 0 Å². The number of carbonyl (C=O) groups is 1. The minimum absolute atomic E-state index is 0.0437. The van der Waals surface area contributed by atoms with Crippen LogP contribution < -0.4 is 16.6 Å². The van der Waals surface area contributed by atoms with E-state index in [0.717, 1.165) is 16.8 Å². The summed E-state index contributed by atoms with van der Waals surface area (Å²) >= 11 is 0. The molecule has 1 aliphatic heterocycles. The van der Waals surface area contributed by atoms with Crippen molar-refractivity contribution in [3.8, 4) is 16.9 Å². The number of rotatable bonds is 5.